The summed E-state index contributed by atoms with van der Waals surface area (Å²) in [6.45, 7) is 3.00. The van der Waals surface area contributed by atoms with E-state index in [2.05, 4.69) is 15.9 Å². The summed E-state index contributed by atoms with van der Waals surface area (Å²) < 4.78 is 40.0. The second-order valence-electron chi connectivity index (χ2n) is 5.42. The lowest BCUT2D eigenvalue weighted by atomic mass is 10.2. The van der Waals surface area contributed by atoms with Crippen LogP contribution in [0.15, 0.2) is 44.4 Å². The number of hydrogen-bond donors (Lipinski definition) is 0. The van der Waals surface area contributed by atoms with Gasteiger partial charge in [-0.25, -0.2) is 8.42 Å². The van der Waals surface area contributed by atoms with E-state index in [-0.39, 0.29) is 12.6 Å². The fourth-order valence-corrected chi connectivity index (χ4v) is 6.23. The summed E-state index contributed by atoms with van der Waals surface area (Å²) in [6.07, 6.45) is 0.403. The van der Waals surface area contributed by atoms with Crippen LogP contribution >= 0.6 is 27.3 Å². The molecule has 1 aromatic carbocycles. The Labute approximate surface area is 154 Å². The van der Waals surface area contributed by atoms with Gasteiger partial charge in [0.2, 0.25) is 0 Å². The number of ether oxygens (including phenoxy) is 2. The van der Waals surface area contributed by atoms with Crippen molar-refractivity contribution in [3.63, 3.8) is 0 Å². The quantitative estimate of drug-likeness (QED) is 0.698. The molecule has 0 bridgehead atoms. The molecule has 0 saturated carbocycles. The van der Waals surface area contributed by atoms with Gasteiger partial charge in [-0.1, -0.05) is 19.1 Å². The Morgan fingerprint density at radius 1 is 1.25 bits per heavy atom. The molecule has 2 aromatic rings. The first-order valence-electron chi connectivity index (χ1n) is 7.64. The molecule has 0 N–H and O–H groups in total. The zero-order chi connectivity index (χ0) is 17.2. The molecule has 8 heteroatoms. The number of sulfonamides is 1. The zero-order valence-corrected chi connectivity index (χ0v) is 16.4. The summed E-state index contributed by atoms with van der Waals surface area (Å²) >= 11 is 4.53. The Kier molecular flexibility index (Phi) is 5.49. The van der Waals surface area contributed by atoms with Gasteiger partial charge in [-0.3, -0.25) is 0 Å². The van der Waals surface area contributed by atoms with E-state index in [0.29, 0.717) is 28.9 Å². The SMILES string of the molecule is CCCN(CC1COc2ccccc2O1)S(=O)(=O)c1ccc(Br)s1. The normalized spacial score (nSPS) is 17.2. The minimum absolute atomic E-state index is 0.264. The maximum Gasteiger partial charge on any atom is 0.252 e. The summed E-state index contributed by atoms with van der Waals surface area (Å²) in [4.78, 5) is 0. The lowest BCUT2D eigenvalue weighted by molar-refractivity contribution is 0.0764. The number of benzene rings is 1. The van der Waals surface area contributed by atoms with Crippen LogP contribution in [0.4, 0.5) is 0 Å². The third-order valence-corrected chi connectivity index (χ3v) is 7.55. The van der Waals surface area contributed by atoms with Crippen LogP contribution in [0.25, 0.3) is 0 Å². The van der Waals surface area contributed by atoms with Crippen molar-refractivity contribution >= 4 is 37.3 Å². The molecule has 0 saturated heterocycles. The van der Waals surface area contributed by atoms with Crippen LogP contribution in [-0.4, -0.2) is 38.5 Å². The summed E-state index contributed by atoms with van der Waals surface area (Å²) in [6, 6.07) is 10.8. The predicted octanol–water partition coefficient (Wildman–Crippen LogP) is 3.75. The third kappa shape index (κ3) is 3.77. The maximum atomic E-state index is 12.9. The van der Waals surface area contributed by atoms with Crippen LogP contribution in [0.5, 0.6) is 11.5 Å². The van der Waals surface area contributed by atoms with E-state index in [0.717, 1.165) is 10.2 Å². The zero-order valence-electron chi connectivity index (χ0n) is 13.1. The van der Waals surface area contributed by atoms with Crippen LogP contribution in [-0.2, 0) is 10.0 Å². The largest absolute Gasteiger partial charge is 0.486 e. The van der Waals surface area contributed by atoms with Gasteiger partial charge in [-0.05, 0) is 46.6 Å². The van der Waals surface area contributed by atoms with Crippen LogP contribution in [0, 0.1) is 0 Å². The van der Waals surface area contributed by atoms with Gasteiger partial charge in [-0.15, -0.1) is 11.3 Å². The van der Waals surface area contributed by atoms with Crippen molar-refractivity contribution in [3.8, 4) is 11.5 Å². The molecule has 1 aliphatic heterocycles. The van der Waals surface area contributed by atoms with E-state index in [1.807, 2.05) is 31.2 Å². The standard InChI is InChI=1S/C16H18BrNO4S2/c1-2-9-18(24(19,20)16-8-7-15(17)23-16)10-12-11-21-13-5-3-4-6-14(13)22-12/h3-8,12H,2,9-11H2,1H3. The molecular formula is C16H18BrNO4S2. The summed E-state index contributed by atoms with van der Waals surface area (Å²) in [5.74, 6) is 1.35. The first-order chi connectivity index (χ1) is 11.5. The van der Waals surface area contributed by atoms with E-state index < -0.39 is 10.0 Å². The van der Waals surface area contributed by atoms with Crippen molar-refractivity contribution < 1.29 is 17.9 Å². The van der Waals surface area contributed by atoms with E-state index in [1.54, 1.807) is 12.1 Å². The van der Waals surface area contributed by atoms with Gasteiger partial charge in [0.05, 0.1) is 10.3 Å². The first-order valence-corrected chi connectivity index (χ1v) is 10.7. The number of nitrogens with zero attached hydrogens (tertiary/aromatic N) is 1. The lowest BCUT2D eigenvalue weighted by Gasteiger charge is -2.30. The highest BCUT2D eigenvalue weighted by atomic mass is 79.9. The monoisotopic (exact) mass is 431 g/mol. The molecule has 2 heterocycles. The van der Waals surface area contributed by atoms with Crippen molar-refractivity contribution in [1.29, 1.82) is 0 Å². The topological polar surface area (TPSA) is 55.8 Å². The fourth-order valence-electron chi connectivity index (χ4n) is 2.50. The van der Waals surface area contributed by atoms with Crippen molar-refractivity contribution in [3.05, 3.63) is 40.2 Å². The molecule has 1 aliphatic rings. The highest BCUT2D eigenvalue weighted by molar-refractivity contribution is 9.11. The highest BCUT2D eigenvalue weighted by Gasteiger charge is 2.30. The molecule has 130 valence electrons. The number of hydrogen-bond acceptors (Lipinski definition) is 5. The van der Waals surface area contributed by atoms with Gasteiger partial charge in [0.25, 0.3) is 10.0 Å². The number of halogens is 1. The molecule has 24 heavy (non-hydrogen) atoms. The highest BCUT2D eigenvalue weighted by Crippen LogP contribution is 2.32. The summed E-state index contributed by atoms with van der Waals surface area (Å²) in [5, 5.41) is 0. The van der Waals surface area contributed by atoms with Crippen LogP contribution < -0.4 is 9.47 Å². The average Bonchev–Trinajstić information content (AvgIpc) is 3.01. The second kappa shape index (κ2) is 7.43. The van der Waals surface area contributed by atoms with E-state index >= 15 is 0 Å². The molecular weight excluding hydrogens is 414 g/mol. The number of para-hydroxylation sites is 2. The number of thiophene rings is 1. The van der Waals surface area contributed by atoms with Gasteiger partial charge < -0.3 is 9.47 Å². The van der Waals surface area contributed by atoms with Gasteiger partial charge >= 0.3 is 0 Å². The Balaban J connectivity index is 1.78. The minimum Gasteiger partial charge on any atom is -0.486 e. The van der Waals surface area contributed by atoms with Gasteiger partial charge in [0, 0.05) is 6.54 Å². The molecule has 3 rings (SSSR count). The van der Waals surface area contributed by atoms with Gasteiger partial charge in [0.1, 0.15) is 16.9 Å². The Hall–Kier alpha value is -1.09. The maximum absolute atomic E-state index is 12.9. The number of fused-ring (bicyclic) bond motifs is 1. The molecule has 1 atom stereocenters. The molecule has 1 unspecified atom stereocenters. The van der Waals surface area contributed by atoms with Crippen LogP contribution in [0.3, 0.4) is 0 Å². The van der Waals surface area contributed by atoms with Gasteiger partial charge in [0.15, 0.2) is 11.5 Å². The second-order valence-corrected chi connectivity index (χ2v) is 10.0. The molecule has 1 aromatic heterocycles. The predicted molar refractivity (Wildman–Crippen MR) is 97.4 cm³/mol. The van der Waals surface area contributed by atoms with E-state index in [1.165, 1.54) is 15.6 Å². The minimum atomic E-state index is -3.53. The van der Waals surface area contributed by atoms with E-state index in [9.17, 15) is 8.42 Å². The molecule has 0 fully saturated rings. The summed E-state index contributed by atoms with van der Waals surface area (Å²) in [7, 11) is -3.53. The number of rotatable bonds is 6. The van der Waals surface area contributed by atoms with Crippen molar-refractivity contribution in [2.45, 2.75) is 23.7 Å². The molecule has 0 radical (unpaired) electrons. The molecule has 0 amide bonds. The molecule has 0 aliphatic carbocycles. The third-order valence-electron chi connectivity index (χ3n) is 3.59. The average molecular weight is 432 g/mol. The van der Waals surface area contributed by atoms with E-state index in [4.69, 9.17) is 9.47 Å². The molecule has 5 nitrogen and oxygen atoms in total. The Morgan fingerprint density at radius 2 is 2.00 bits per heavy atom. The van der Waals surface area contributed by atoms with Crippen LogP contribution in [0.1, 0.15) is 13.3 Å². The fraction of sp³-hybridized carbons (Fsp3) is 0.375. The van der Waals surface area contributed by atoms with Crippen molar-refractivity contribution in [1.82, 2.24) is 4.31 Å². The Bertz CT molecular complexity index is 806. The lowest BCUT2D eigenvalue weighted by Crippen LogP contribution is -2.43. The molecule has 0 spiro atoms. The first kappa shape index (κ1) is 17.7. The summed E-state index contributed by atoms with van der Waals surface area (Å²) in [5.41, 5.74) is 0. The smallest absolute Gasteiger partial charge is 0.252 e. The van der Waals surface area contributed by atoms with Gasteiger partial charge in [-0.2, -0.15) is 4.31 Å². The van der Waals surface area contributed by atoms with Crippen molar-refractivity contribution in [2.24, 2.45) is 0 Å². The Morgan fingerprint density at radius 3 is 2.67 bits per heavy atom. The van der Waals surface area contributed by atoms with Crippen molar-refractivity contribution in [2.75, 3.05) is 19.7 Å². The van der Waals surface area contributed by atoms with Crippen LogP contribution in [0.2, 0.25) is 0 Å².